The zero-order valence-electron chi connectivity index (χ0n) is 35.6. The Morgan fingerprint density at radius 3 is 1.98 bits per heavy atom. The molecule has 3 heteroatoms. The van der Waals surface area contributed by atoms with Gasteiger partial charge in [0.05, 0.1) is 5.69 Å². The minimum atomic E-state index is -1.90. The summed E-state index contributed by atoms with van der Waals surface area (Å²) < 4.78 is 0. The highest BCUT2D eigenvalue weighted by Gasteiger charge is 2.47. The van der Waals surface area contributed by atoms with Crippen molar-refractivity contribution in [2.75, 3.05) is 9.80 Å². The average Bonchev–Trinajstić information content (AvgIpc) is 3.86. The molecule has 6 aromatic rings. The summed E-state index contributed by atoms with van der Waals surface area (Å²) in [5.74, 6) is 0. The van der Waals surface area contributed by atoms with E-state index in [0.29, 0.717) is 0 Å². The molecule has 2 nitrogen and oxygen atoms in total. The van der Waals surface area contributed by atoms with Crippen LogP contribution in [0.25, 0.3) is 28.9 Å². The highest BCUT2D eigenvalue weighted by Crippen LogP contribution is 2.52. The zero-order chi connectivity index (χ0) is 41.2. The molecule has 1 aliphatic carbocycles. The van der Waals surface area contributed by atoms with E-state index in [1.54, 1.807) is 5.19 Å². The van der Waals surface area contributed by atoms with Gasteiger partial charge in [0.25, 0.3) is 0 Å². The number of rotatable bonds is 7. The Morgan fingerprint density at radius 1 is 0.683 bits per heavy atom. The van der Waals surface area contributed by atoms with E-state index >= 15 is 0 Å². The van der Waals surface area contributed by atoms with Crippen LogP contribution in [-0.4, -0.2) is 8.07 Å². The molecule has 0 radical (unpaired) electrons. The maximum atomic E-state index is 4.42. The fourth-order valence-corrected chi connectivity index (χ4v) is 16.8. The van der Waals surface area contributed by atoms with Crippen LogP contribution in [0.5, 0.6) is 0 Å². The molecule has 10 rings (SSSR count). The molecule has 1 fully saturated rings. The third-order valence-electron chi connectivity index (χ3n) is 14.2. The Kier molecular flexibility index (Phi) is 9.41. The Hall–Kier alpha value is -6.16. The number of anilines is 5. The van der Waals surface area contributed by atoms with Crippen LogP contribution >= 0.6 is 0 Å². The van der Waals surface area contributed by atoms with Gasteiger partial charge in [-0.05, 0) is 128 Å². The van der Waals surface area contributed by atoms with Gasteiger partial charge in [-0.3, -0.25) is 0 Å². The van der Waals surface area contributed by atoms with Gasteiger partial charge >= 0.3 is 0 Å². The largest absolute Gasteiger partial charge is 0.310 e. The van der Waals surface area contributed by atoms with Crippen molar-refractivity contribution in [3.63, 3.8) is 0 Å². The molecule has 4 aliphatic rings. The van der Waals surface area contributed by atoms with Gasteiger partial charge < -0.3 is 9.80 Å². The molecule has 60 heavy (non-hydrogen) atoms. The molecule has 0 N–H and O–H groups in total. The van der Waals surface area contributed by atoms with Crippen molar-refractivity contribution in [2.45, 2.75) is 70.9 Å². The van der Waals surface area contributed by atoms with Crippen LogP contribution in [0, 0.1) is 0 Å². The summed E-state index contributed by atoms with van der Waals surface area (Å²) in [7, 11) is -1.90. The van der Waals surface area contributed by atoms with Crippen molar-refractivity contribution in [2.24, 2.45) is 0 Å². The first kappa shape index (κ1) is 38.1. The van der Waals surface area contributed by atoms with Crippen LogP contribution in [0.2, 0.25) is 12.1 Å². The molecular weight excluding hydrogens is 741 g/mol. The topological polar surface area (TPSA) is 6.48 Å². The third kappa shape index (κ3) is 5.74. The van der Waals surface area contributed by atoms with E-state index in [1.807, 2.05) is 0 Å². The molecule has 0 amide bonds. The lowest BCUT2D eigenvalue weighted by molar-refractivity contribution is 0.660. The normalized spacial score (nSPS) is 17.6. The second-order valence-corrected chi connectivity index (χ2v) is 21.8. The van der Waals surface area contributed by atoms with Crippen LogP contribution in [-0.2, 0) is 11.8 Å². The average molecular weight is 795 g/mol. The fourth-order valence-electron chi connectivity index (χ4n) is 11.3. The molecule has 1 spiro atoms. The summed E-state index contributed by atoms with van der Waals surface area (Å²) >= 11 is 0. The molecule has 3 heterocycles. The van der Waals surface area contributed by atoms with Crippen LogP contribution in [0.4, 0.5) is 28.4 Å². The van der Waals surface area contributed by atoms with Crippen molar-refractivity contribution in [3.05, 3.63) is 208 Å². The summed E-state index contributed by atoms with van der Waals surface area (Å²) in [5, 5.41) is 5.52. The first-order chi connectivity index (χ1) is 29.3. The van der Waals surface area contributed by atoms with Gasteiger partial charge in [0.15, 0.2) is 0 Å². The molecule has 0 saturated carbocycles. The predicted octanol–water partition coefficient (Wildman–Crippen LogP) is 13.2. The highest BCUT2D eigenvalue weighted by atomic mass is 28.3. The van der Waals surface area contributed by atoms with Crippen LogP contribution in [0.1, 0.15) is 74.8 Å². The maximum absolute atomic E-state index is 4.42. The SMILES string of the molecule is C=CC1=C(C=C)[Si]2(CCCC2)c2ccccc2N1c1cccc(=C(C=Cc2ccc3c(c2)C(C)(C)c2cc(N4c5ccccc5Cc5ccccc54)ccc2-3)CC)c1=CC. The van der Waals surface area contributed by atoms with Crippen molar-refractivity contribution in [1.82, 2.24) is 0 Å². The van der Waals surface area contributed by atoms with Gasteiger partial charge in [-0.2, -0.15) is 0 Å². The van der Waals surface area contributed by atoms with Gasteiger partial charge in [0, 0.05) is 45.5 Å². The number of para-hydroxylation sites is 3. The van der Waals surface area contributed by atoms with Gasteiger partial charge in [-0.1, -0.05) is 162 Å². The lowest BCUT2D eigenvalue weighted by atomic mass is 9.81. The van der Waals surface area contributed by atoms with Gasteiger partial charge in [-0.15, -0.1) is 0 Å². The van der Waals surface area contributed by atoms with E-state index in [0.717, 1.165) is 12.8 Å². The van der Waals surface area contributed by atoms with E-state index in [9.17, 15) is 0 Å². The Morgan fingerprint density at radius 2 is 1.32 bits per heavy atom. The van der Waals surface area contributed by atoms with Crippen molar-refractivity contribution in [1.29, 1.82) is 0 Å². The van der Waals surface area contributed by atoms with Crippen molar-refractivity contribution < 1.29 is 0 Å². The minimum absolute atomic E-state index is 0.152. The zero-order valence-corrected chi connectivity index (χ0v) is 36.6. The molecule has 3 aliphatic heterocycles. The Balaban J connectivity index is 1.03. The van der Waals surface area contributed by atoms with E-state index in [4.69, 9.17) is 0 Å². The van der Waals surface area contributed by atoms with Gasteiger partial charge in [-0.25, -0.2) is 0 Å². The van der Waals surface area contributed by atoms with E-state index in [-0.39, 0.29) is 5.41 Å². The number of benzene rings is 6. The van der Waals surface area contributed by atoms with Crippen molar-refractivity contribution in [3.8, 4) is 11.1 Å². The first-order valence-corrected chi connectivity index (χ1v) is 24.4. The maximum Gasteiger partial charge on any atom is 0.123 e. The Bertz CT molecular complexity index is 2890. The molecule has 0 atom stereocenters. The molecular formula is C57H54N2Si. The summed E-state index contributed by atoms with van der Waals surface area (Å²) in [6.07, 6.45) is 15.7. The summed E-state index contributed by atoms with van der Waals surface area (Å²) in [5.41, 5.74) is 18.0. The second-order valence-electron chi connectivity index (χ2n) is 17.5. The van der Waals surface area contributed by atoms with Gasteiger partial charge in [0.1, 0.15) is 8.07 Å². The monoisotopic (exact) mass is 794 g/mol. The van der Waals surface area contributed by atoms with Crippen molar-refractivity contribution >= 4 is 59.4 Å². The molecule has 0 aromatic heterocycles. The molecule has 0 unspecified atom stereocenters. The van der Waals surface area contributed by atoms with E-state index in [1.165, 1.54) is 119 Å². The van der Waals surface area contributed by atoms with Crippen LogP contribution in [0.3, 0.4) is 0 Å². The number of hydrogen-bond acceptors (Lipinski definition) is 2. The standard InChI is InChI=1S/C57H54N2Si/c1-7-40(45-22-19-26-53(44(45)8-2)59-50(9-3)55(10-4)60(34-17-18-35-60)56-27-16-15-25-54(56)59)30-28-39-29-32-46-47-33-31-43(38-49(47)57(5,6)48(46)36-39)58-51-23-13-11-20-41(51)37-42-21-12-14-24-52(42)58/h8-16,19-33,36,38H,3-4,7,17-18,34-35,37H2,1-2,5-6H3. The van der Waals surface area contributed by atoms with Crippen LogP contribution < -0.4 is 25.4 Å². The smallest absolute Gasteiger partial charge is 0.123 e. The number of hydrogen-bond donors (Lipinski definition) is 0. The van der Waals surface area contributed by atoms with E-state index < -0.39 is 8.07 Å². The lowest BCUT2D eigenvalue weighted by Crippen LogP contribution is -2.54. The Labute approximate surface area is 357 Å². The highest BCUT2D eigenvalue weighted by molar-refractivity contribution is 7.00. The third-order valence-corrected chi connectivity index (χ3v) is 19.5. The number of fused-ring (bicyclic) bond motifs is 7. The second kappa shape index (κ2) is 14.8. The molecule has 296 valence electrons. The first-order valence-electron chi connectivity index (χ1n) is 21.9. The molecule has 1 saturated heterocycles. The van der Waals surface area contributed by atoms with Crippen LogP contribution in [0.15, 0.2) is 170 Å². The molecule has 0 bridgehead atoms. The fraction of sp³-hybridized carbons (Fsp3) is 0.193. The number of allylic oxidation sites excluding steroid dienone is 4. The van der Waals surface area contributed by atoms with E-state index in [2.05, 4.69) is 208 Å². The summed E-state index contributed by atoms with van der Waals surface area (Å²) in [6.45, 7) is 18.1. The predicted molar refractivity (Wildman–Crippen MR) is 260 cm³/mol. The molecule has 6 aromatic carbocycles. The summed E-state index contributed by atoms with van der Waals surface area (Å²) in [6, 6.07) is 50.5. The quantitative estimate of drug-likeness (QED) is 0.148. The number of nitrogens with zero attached hydrogens (tertiary/aromatic N) is 2. The minimum Gasteiger partial charge on any atom is -0.310 e. The van der Waals surface area contributed by atoms with Gasteiger partial charge in [0.2, 0.25) is 0 Å². The summed E-state index contributed by atoms with van der Waals surface area (Å²) in [4.78, 5) is 4.95. The lowest BCUT2D eigenvalue weighted by Gasteiger charge is -2.43.